The molecule has 4 saturated carbocycles. The Morgan fingerprint density at radius 1 is 0.955 bits per heavy atom. The van der Waals surface area contributed by atoms with Crippen molar-refractivity contribution < 1.29 is 9.90 Å². The Morgan fingerprint density at radius 3 is 2.50 bits per heavy atom. The molecule has 0 bridgehead atoms. The van der Waals surface area contributed by atoms with Crippen LogP contribution in [0.2, 0.25) is 0 Å². The Balaban J connectivity index is 1.68. The molecule has 1 unspecified atom stereocenters. The Labute approximate surface area is 135 Å². The lowest BCUT2D eigenvalue weighted by Gasteiger charge is -2.64. The lowest BCUT2D eigenvalue weighted by molar-refractivity contribution is -0.165. The van der Waals surface area contributed by atoms with Crippen molar-refractivity contribution in [3.05, 3.63) is 0 Å². The first-order chi connectivity index (χ1) is 10.3. The van der Waals surface area contributed by atoms with E-state index in [0.29, 0.717) is 11.2 Å². The van der Waals surface area contributed by atoms with Crippen LogP contribution in [0.5, 0.6) is 0 Å². The highest BCUT2D eigenvalue weighted by atomic mass is 16.3. The van der Waals surface area contributed by atoms with Gasteiger partial charge in [0.25, 0.3) is 0 Å². The summed E-state index contributed by atoms with van der Waals surface area (Å²) in [5, 5.41) is 10.5. The molecule has 7 atom stereocenters. The highest BCUT2D eigenvalue weighted by Gasteiger charge is 2.63. The Kier molecular flexibility index (Phi) is 3.16. The van der Waals surface area contributed by atoms with Gasteiger partial charge in [0.2, 0.25) is 0 Å². The maximum absolute atomic E-state index is 12.1. The minimum absolute atomic E-state index is 0.0764. The van der Waals surface area contributed by atoms with Crippen LogP contribution >= 0.6 is 0 Å². The summed E-state index contributed by atoms with van der Waals surface area (Å²) in [4.78, 5) is 12.1. The predicted octanol–water partition coefficient (Wildman–Crippen LogP) is 4.35. The van der Waals surface area contributed by atoms with Gasteiger partial charge in [0.05, 0.1) is 6.10 Å². The number of Topliss-reactive ketones (excluding diaryl/α,β-unsaturated/α-hetero) is 1. The van der Waals surface area contributed by atoms with Crippen molar-refractivity contribution in [2.24, 2.45) is 34.0 Å². The van der Waals surface area contributed by atoms with Gasteiger partial charge in [-0.15, -0.1) is 0 Å². The maximum atomic E-state index is 12.1. The van der Waals surface area contributed by atoms with Gasteiger partial charge < -0.3 is 5.11 Å². The molecule has 0 spiro atoms. The third-order valence-corrected chi connectivity index (χ3v) is 9.12. The van der Waals surface area contributed by atoms with E-state index in [1.807, 2.05) is 0 Å². The van der Waals surface area contributed by atoms with Crippen LogP contribution in [0.4, 0.5) is 0 Å². The van der Waals surface area contributed by atoms with Gasteiger partial charge in [-0.2, -0.15) is 0 Å². The van der Waals surface area contributed by atoms with Gasteiger partial charge in [-0.1, -0.05) is 20.8 Å². The smallest absolute Gasteiger partial charge is 0.133 e. The average molecular weight is 304 g/mol. The Hall–Kier alpha value is -0.370. The van der Waals surface area contributed by atoms with Crippen LogP contribution in [0.25, 0.3) is 0 Å². The number of aliphatic hydroxyl groups is 1. The van der Waals surface area contributed by atoms with Crippen molar-refractivity contribution in [2.75, 3.05) is 0 Å². The average Bonchev–Trinajstić information content (AvgIpc) is 2.76. The number of rotatable bonds is 0. The molecule has 0 aromatic carbocycles. The number of carbonyl (C=O) groups is 1. The topological polar surface area (TPSA) is 37.3 Å². The summed E-state index contributed by atoms with van der Waals surface area (Å²) in [5.41, 5.74) is 0.753. The zero-order chi connectivity index (χ0) is 15.8. The van der Waals surface area contributed by atoms with Gasteiger partial charge in [0, 0.05) is 12.8 Å². The zero-order valence-electron chi connectivity index (χ0n) is 14.5. The van der Waals surface area contributed by atoms with Crippen molar-refractivity contribution in [1.29, 1.82) is 0 Å². The molecule has 0 saturated heterocycles. The Bertz CT molecular complexity index is 500. The second-order valence-electron chi connectivity index (χ2n) is 9.75. The van der Waals surface area contributed by atoms with Crippen LogP contribution in [0, 0.1) is 34.0 Å². The summed E-state index contributed by atoms with van der Waals surface area (Å²) in [5.74, 6) is 2.79. The van der Waals surface area contributed by atoms with Crippen molar-refractivity contribution in [2.45, 2.75) is 84.7 Å². The van der Waals surface area contributed by atoms with Crippen molar-refractivity contribution in [3.63, 3.8) is 0 Å². The third kappa shape index (κ3) is 1.74. The molecule has 0 aliphatic heterocycles. The summed E-state index contributed by atoms with van der Waals surface area (Å²) >= 11 is 0. The number of hydrogen-bond acceptors (Lipinski definition) is 2. The van der Waals surface area contributed by atoms with E-state index >= 15 is 0 Å². The van der Waals surface area contributed by atoms with Crippen LogP contribution in [-0.4, -0.2) is 17.0 Å². The van der Waals surface area contributed by atoms with E-state index < -0.39 is 0 Å². The summed E-state index contributed by atoms with van der Waals surface area (Å²) in [6, 6.07) is 0. The number of carbonyl (C=O) groups excluding carboxylic acids is 1. The predicted molar refractivity (Wildman–Crippen MR) is 87.4 cm³/mol. The first-order valence-corrected chi connectivity index (χ1v) is 9.50. The molecule has 4 fully saturated rings. The molecule has 0 amide bonds. The zero-order valence-corrected chi connectivity index (χ0v) is 14.5. The van der Waals surface area contributed by atoms with Gasteiger partial charge in [0.15, 0.2) is 0 Å². The largest absolute Gasteiger partial charge is 0.393 e. The van der Waals surface area contributed by atoms with E-state index in [2.05, 4.69) is 20.8 Å². The molecule has 0 radical (unpaired) electrons. The van der Waals surface area contributed by atoms with Gasteiger partial charge in [-0.05, 0) is 78.9 Å². The summed E-state index contributed by atoms with van der Waals surface area (Å²) in [6.07, 6.45) is 9.87. The molecule has 4 aliphatic rings. The van der Waals surface area contributed by atoms with Gasteiger partial charge >= 0.3 is 0 Å². The molecule has 4 aliphatic carbocycles. The standard InChI is InChI=1S/C20H32O2/c1-18-9-7-14-15-4-5-17(22)19(15,2)10-8-16(14)20(18,3)11-6-13(21)12-18/h14-17,22H,4-12H2,1-3H3/t14-,15-,16-,17-,18?,19-,20+/m0/s1. The fourth-order valence-corrected chi connectivity index (χ4v) is 7.37. The molecule has 4 rings (SSSR count). The van der Waals surface area contributed by atoms with Gasteiger partial charge in [0.1, 0.15) is 5.78 Å². The molecule has 2 nitrogen and oxygen atoms in total. The number of aliphatic hydroxyl groups excluding tert-OH is 1. The second kappa shape index (κ2) is 4.59. The van der Waals surface area contributed by atoms with Crippen molar-refractivity contribution >= 4 is 5.78 Å². The lowest BCUT2D eigenvalue weighted by atomic mass is 9.40. The van der Waals surface area contributed by atoms with E-state index in [9.17, 15) is 9.90 Å². The number of fused-ring (bicyclic) bond motifs is 5. The first-order valence-electron chi connectivity index (χ1n) is 9.50. The monoisotopic (exact) mass is 304 g/mol. The molecule has 22 heavy (non-hydrogen) atoms. The number of ketones is 1. The minimum atomic E-state index is -0.0764. The van der Waals surface area contributed by atoms with Crippen LogP contribution in [0.15, 0.2) is 0 Å². The minimum Gasteiger partial charge on any atom is -0.393 e. The lowest BCUT2D eigenvalue weighted by Crippen LogP contribution is -2.58. The van der Waals surface area contributed by atoms with E-state index in [4.69, 9.17) is 0 Å². The summed E-state index contributed by atoms with van der Waals surface area (Å²) in [6.45, 7) is 7.26. The SMILES string of the molecule is CC12CC[C@H]3[C@@H]4CC[C@H](O)[C@@]4(C)CC[C@@H]3[C@@]1(C)CCC(=O)C2. The van der Waals surface area contributed by atoms with E-state index in [-0.39, 0.29) is 16.9 Å². The summed E-state index contributed by atoms with van der Waals surface area (Å²) in [7, 11) is 0. The molecule has 0 aromatic rings. The third-order valence-electron chi connectivity index (χ3n) is 9.12. The first kappa shape index (κ1) is 15.2. The number of hydrogen-bond donors (Lipinski definition) is 1. The normalized spacial score (nSPS) is 57.9. The molecule has 124 valence electrons. The molecule has 0 aromatic heterocycles. The van der Waals surface area contributed by atoms with Gasteiger partial charge in [-0.25, -0.2) is 0 Å². The molecular formula is C20H32O2. The molecule has 1 N–H and O–H groups in total. The van der Waals surface area contributed by atoms with Crippen molar-refractivity contribution in [3.8, 4) is 0 Å². The highest BCUT2D eigenvalue weighted by Crippen LogP contribution is 2.69. The van der Waals surface area contributed by atoms with E-state index in [0.717, 1.165) is 43.4 Å². The highest BCUT2D eigenvalue weighted by molar-refractivity contribution is 5.80. The second-order valence-corrected chi connectivity index (χ2v) is 9.75. The Morgan fingerprint density at radius 2 is 1.73 bits per heavy atom. The van der Waals surface area contributed by atoms with E-state index in [1.54, 1.807) is 0 Å². The van der Waals surface area contributed by atoms with Gasteiger partial charge in [-0.3, -0.25) is 4.79 Å². The van der Waals surface area contributed by atoms with Crippen LogP contribution in [0.1, 0.15) is 78.6 Å². The van der Waals surface area contributed by atoms with Crippen LogP contribution in [-0.2, 0) is 4.79 Å². The molecule has 2 heteroatoms. The van der Waals surface area contributed by atoms with E-state index in [1.165, 1.54) is 32.1 Å². The fraction of sp³-hybridized carbons (Fsp3) is 0.950. The fourth-order valence-electron chi connectivity index (χ4n) is 7.37. The maximum Gasteiger partial charge on any atom is 0.133 e. The quantitative estimate of drug-likeness (QED) is 0.722. The molecule has 0 heterocycles. The summed E-state index contributed by atoms with van der Waals surface area (Å²) < 4.78 is 0. The van der Waals surface area contributed by atoms with Crippen LogP contribution < -0.4 is 0 Å². The van der Waals surface area contributed by atoms with Crippen molar-refractivity contribution in [1.82, 2.24) is 0 Å². The van der Waals surface area contributed by atoms with Crippen LogP contribution in [0.3, 0.4) is 0 Å². The molecular weight excluding hydrogens is 272 g/mol.